The quantitative estimate of drug-likeness (QED) is 0.0204. The van der Waals surface area contributed by atoms with Crippen LogP contribution in [0.3, 0.4) is 0 Å². The highest BCUT2D eigenvalue weighted by Crippen LogP contribution is 2.30. The maximum atomic E-state index is 13.2. The minimum absolute atomic E-state index is 0.247. The number of aliphatic hydroxyl groups excluding tert-OH is 8. The van der Waals surface area contributed by atoms with Crippen LogP contribution in [0.25, 0.3) is 0 Å². The molecule has 0 radical (unpaired) electrons. The molecule has 2 fully saturated rings. The van der Waals surface area contributed by atoms with Crippen LogP contribution in [-0.4, -0.2) is 140 Å². The summed E-state index contributed by atoms with van der Waals surface area (Å²) in [7, 11) is 0. The molecule has 2 aliphatic rings. The fourth-order valence-electron chi connectivity index (χ4n) is 10.9. The van der Waals surface area contributed by atoms with Crippen molar-refractivity contribution in [2.24, 2.45) is 0 Å². The van der Waals surface area contributed by atoms with Crippen molar-refractivity contribution in [1.29, 1.82) is 0 Å². The fraction of sp³-hybridized carbons (Fsp3) is 0.922. The van der Waals surface area contributed by atoms with Gasteiger partial charge in [-0.25, -0.2) is 0 Å². The van der Waals surface area contributed by atoms with Crippen LogP contribution >= 0.6 is 0 Å². The Morgan fingerprint density at radius 1 is 0.449 bits per heavy atom. The molecular weight excluding hydrogens is 991 g/mol. The van der Waals surface area contributed by atoms with Gasteiger partial charge in [-0.15, -0.1) is 0 Å². The van der Waals surface area contributed by atoms with Crippen LogP contribution in [-0.2, 0) is 23.7 Å². The summed E-state index contributed by atoms with van der Waals surface area (Å²) in [4.78, 5) is 13.2. The minimum Gasteiger partial charge on any atom is -0.394 e. The van der Waals surface area contributed by atoms with Crippen molar-refractivity contribution >= 4 is 5.91 Å². The summed E-state index contributed by atoms with van der Waals surface area (Å²) >= 11 is 0. The summed E-state index contributed by atoms with van der Waals surface area (Å²) in [6.07, 6.45) is 44.0. The van der Waals surface area contributed by atoms with Crippen LogP contribution in [0.4, 0.5) is 0 Å². The van der Waals surface area contributed by atoms with Crippen LogP contribution in [0.5, 0.6) is 0 Å². The van der Waals surface area contributed by atoms with Crippen LogP contribution in [0.15, 0.2) is 24.3 Å². The maximum Gasteiger partial charge on any atom is 0.220 e. The van der Waals surface area contributed by atoms with Crippen molar-refractivity contribution in [2.75, 3.05) is 19.8 Å². The number of aliphatic hydroxyl groups is 8. The molecule has 0 saturated carbocycles. The van der Waals surface area contributed by atoms with Gasteiger partial charge in [0.25, 0.3) is 0 Å². The molecular formula is C64H121NO13. The van der Waals surface area contributed by atoms with E-state index in [0.717, 1.165) is 57.8 Å². The molecule has 2 heterocycles. The lowest BCUT2D eigenvalue weighted by Gasteiger charge is -2.46. The van der Waals surface area contributed by atoms with Gasteiger partial charge in [0.05, 0.1) is 32.0 Å². The molecule has 2 saturated heterocycles. The summed E-state index contributed by atoms with van der Waals surface area (Å²) in [5.41, 5.74) is 0. The Morgan fingerprint density at radius 2 is 0.808 bits per heavy atom. The second-order valence-electron chi connectivity index (χ2n) is 23.2. The molecule has 14 heteroatoms. The first-order chi connectivity index (χ1) is 38.1. The summed E-state index contributed by atoms with van der Waals surface area (Å²) in [6, 6.07) is -0.917. The zero-order valence-electron chi connectivity index (χ0n) is 49.7. The zero-order chi connectivity index (χ0) is 56.7. The highest BCUT2D eigenvalue weighted by molar-refractivity contribution is 5.76. The molecule has 2 rings (SSSR count). The molecule has 12 atom stereocenters. The Labute approximate surface area is 475 Å². The second kappa shape index (κ2) is 50.0. The smallest absolute Gasteiger partial charge is 0.220 e. The number of unbranched alkanes of at least 4 members (excludes halogenated alkanes) is 38. The zero-order valence-corrected chi connectivity index (χ0v) is 49.7. The van der Waals surface area contributed by atoms with E-state index in [4.69, 9.17) is 18.9 Å². The lowest BCUT2D eigenvalue weighted by molar-refractivity contribution is -0.359. The number of ether oxygens (including phenoxy) is 4. The van der Waals surface area contributed by atoms with Crippen LogP contribution in [0.2, 0.25) is 0 Å². The van der Waals surface area contributed by atoms with Crippen molar-refractivity contribution in [3.8, 4) is 0 Å². The normalized spacial score (nSPS) is 24.6. The number of amides is 1. The van der Waals surface area contributed by atoms with E-state index in [1.165, 1.54) is 199 Å². The number of nitrogens with one attached hydrogen (secondary N) is 1. The highest BCUT2D eigenvalue weighted by Gasteiger charge is 2.51. The van der Waals surface area contributed by atoms with Crippen molar-refractivity contribution in [2.45, 2.75) is 357 Å². The summed E-state index contributed by atoms with van der Waals surface area (Å²) in [5, 5.41) is 87.1. The van der Waals surface area contributed by atoms with Gasteiger partial charge in [-0.1, -0.05) is 256 Å². The Balaban J connectivity index is 1.64. The van der Waals surface area contributed by atoms with E-state index in [1.807, 2.05) is 6.08 Å². The van der Waals surface area contributed by atoms with Crippen LogP contribution < -0.4 is 5.32 Å². The molecule has 0 aliphatic carbocycles. The van der Waals surface area contributed by atoms with Gasteiger partial charge >= 0.3 is 0 Å². The number of hydrogen-bond acceptors (Lipinski definition) is 13. The van der Waals surface area contributed by atoms with E-state index in [-0.39, 0.29) is 18.9 Å². The van der Waals surface area contributed by atoms with Gasteiger partial charge in [-0.3, -0.25) is 4.79 Å². The summed E-state index contributed by atoms with van der Waals surface area (Å²) in [5.74, 6) is -0.247. The van der Waals surface area contributed by atoms with E-state index in [0.29, 0.717) is 6.42 Å². The van der Waals surface area contributed by atoms with Crippen molar-refractivity contribution < 1.29 is 64.6 Å². The Bertz CT molecular complexity index is 1400. The molecule has 0 aromatic rings. The standard InChI is InChI=1S/C64H121NO13/c1-3-5-7-9-11-13-15-17-18-19-20-21-22-23-24-25-26-27-28-29-30-31-32-33-34-35-36-37-39-41-43-45-47-53(68)52(65-56(69)48-46-44-42-40-38-16-14-12-10-8-6-4-2)51-75-63-61(74)59(72)62(55(50-67)77-63)78-64-60(73)58(71)57(70)54(49-66)76-64/h12,14,45,47,52-55,57-64,66-68,70-74H,3-11,13,15-44,46,48-51H2,1-2H3,(H,65,69)/b14-12-,47-45+. The van der Waals surface area contributed by atoms with Gasteiger partial charge in [0.1, 0.15) is 48.8 Å². The van der Waals surface area contributed by atoms with E-state index in [1.54, 1.807) is 6.08 Å². The molecule has 0 bridgehead atoms. The first kappa shape index (κ1) is 72.6. The first-order valence-corrected chi connectivity index (χ1v) is 32.6. The highest BCUT2D eigenvalue weighted by atomic mass is 16.7. The van der Waals surface area contributed by atoms with E-state index < -0.39 is 86.8 Å². The number of carbonyl (C=O) groups excluding carboxylic acids is 1. The molecule has 0 aromatic carbocycles. The molecule has 1 amide bonds. The third kappa shape index (κ3) is 34.8. The van der Waals surface area contributed by atoms with E-state index in [9.17, 15) is 45.6 Å². The number of hydrogen-bond donors (Lipinski definition) is 9. The van der Waals surface area contributed by atoms with Crippen molar-refractivity contribution in [1.82, 2.24) is 5.32 Å². The second-order valence-corrected chi connectivity index (χ2v) is 23.2. The molecule has 2 aliphatic heterocycles. The third-order valence-electron chi connectivity index (χ3n) is 16.1. The van der Waals surface area contributed by atoms with Crippen LogP contribution in [0, 0.1) is 0 Å². The number of rotatable bonds is 53. The van der Waals surface area contributed by atoms with E-state index >= 15 is 0 Å². The number of carbonyl (C=O) groups is 1. The van der Waals surface area contributed by atoms with E-state index in [2.05, 4.69) is 31.3 Å². The average molecular weight is 1110 g/mol. The Morgan fingerprint density at radius 3 is 1.24 bits per heavy atom. The Kier molecular flexibility index (Phi) is 46.5. The predicted molar refractivity (Wildman–Crippen MR) is 314 cm³/mol. The third-order valence-corrected chi connectivity index (χ3v) is 16.1. The topological polar surface area (TPSA) is 228 Å². The predicted octanol–water partition coefficient (Wildman–Crippen LogP) is 12.0. The molecule has 78 heavy (non-hydrogen) atoms. The molecule has 14 nitrogen and oxygen atoms in total. The van der Waals surface area contributed by atoms with Crippen molar-refractivity contribution in [3.05, 3.63) is 24.3 Å². The van der Waals surface area contributed by atoms with Gasteiger partial charge in [0, 0.05) is 6.42 Å². The van der Waals surface area contributed by atoms with Gasteiger partial charge in [0.2, 0.25) is 5.91 Å². The summed E-state index contributed by atoms with van der Waals surface area (Å²) < 4.78 is 22.8. The largest absolute Gasteiger partial charge is 0.394 e. The monoisotopic (exact) mass is 1110 g/mol. The SMILES string of the molecule is CCCCC/C=C\CCCCCCCC(=O)NC(COC1OC(CO)C(OC2OC(CO)C(O)C(O)C2O)C(O)C1O)C(O)/C=C/CCCCCCCCCCCCCCCCCCCCCCCCCCCCCCCC. The average Bonchev–Trinajstić information content (AvgIpc) is 3.44. The molecule has 460 valence electrons. The van der Waals surface area contributed by atoms with Gasteiger partial charge < -0.3 is 65.1 Å². The maximum absolute atomic E-state index is 13.2. The Hall–Kier alpha value is -1.53. The van der Waals surface area contributed by atoms with Crippen LogP contribution in [0.1, 0.15) is 284 Å². The lowest BCUT2D eigenvalue weighted by Crippen LogP contribution is -2.65. The van der Waals surface area contributed by atoms with Crippen molar-refractivity contribution in [3.63, 3.8) is 0 Å². The van der Waals surface area contributed by atoms with Gasteiger partial charge in [-0.05, 0) is 44.9 Å². The number of allylic oxidation sites excluding steroid dienone is 3. The lowest BCUT2D eigenvalue weighted by atomic mass is 9.97. The molecule has 12 unspecified atom stereocenters. The molecule has 0 aromatic heterocycles. The van der Waals surface area contributed by atoms with Gasteiger partial charge in [0.15, 0.2) is 12.6 Å². The summed E-state index contributed by atoms with van der Waals surface area (Å²) in [6.45, 7) is 2.79. The fourth-order valence-corrected chi connectivity index (χ4v) is 10.9. The minimum atomic E-state index is -1.79. The van der Waals surface area contributed by atoms with Gasteiger partial charge in [-0.2, -0.15) is 0 Å². The first-order valence-electron chi connectivity index (χ1n) is 32.6. The molecule has 0 spiro atoms. The molecule has 9 N–H and O–H groups in total.